The van der Waals surface area contributed by atoms with Gasteiger partial charge in [-0.3, -0.25) is 29.7 Å². The second-order valence-corrected chi connectivity index (χ2v) is 5.32. The van der Waals surface area contributed by atoms with Gasteiger partial charge in [0.15, 0.2) is 5.78 Å². The number of nitro groups is 1. The molecule has 0 atom stereocenters. The third-order valence-corrected chi connectivity index (χ3v) is 3.74. The Kier molecular flexibility index (Phi) is 4.24. The number of Topliss-reactive ketones (excluding diaryl/α,β-unsaturated/α-hetero) is 2. The Morgan fingerprint density at radius 2 is 1.92 bits per heavy atom. The summed E-state index contributed by atoms with van der Waals surface area (Å²) in [5.41, 5.74) is 1.51. The van der Waals surface area contributed by atoms with E-state index in [4.69, 9.17) is 0 Å². The van der Waals surface area contributed by atoms with Gasteiger partial charge in [0, 0.05) is 48.1 Å². The van der Waals surface area contributed by atoms with Crippen LogP contribution >= 0.6 is 0 Å². The average Bonchev–Trinajstić information content (AvgIpc) is 2.59. The minimum absolute atomic E-state index is 0.0157. The van der Waals surface area contributed by atoms with Gasteiger partial charge in [0.25, 0.3) is 5.69 Å². The fourth-order valence-electron chi connectivity index (χ4n) is 2.56. The zero-order chi connectivity index (χ0) is 17.1. The molecule has 120 valence electrons. The van der Waals surface area contributed by atoms with Crippen LogP contribution in [0.5, 0.6) is 0 Å². The van der Waals surface area contributed by atoms with Gasteiger partial charge in [0.05, 0.1) is 17.1 Å². The van der Waals surface area contributed by atoms with Crippen molar-refractivity contribution < 1.29 is 14.5 Å². The van der Waals surface area contributed by atoms with Gasteiger partial charge in [-0.05, 0) is 0 Å². The van der Waals surface area contributed by atoms with E-state index >= 15 is 0 Å². The summed E-state index contributed by atoms with van der Waals surface area (Å²) < 4.78 is 0. The molecule has 0 bridgehead atoms. The van der Waals surface area contributed by atoms with Crippen LogP contribution in [0, 0.1) is 10.1 Å². The van der Waals surface area contributed by atoms with Crippen LogP contribution in [0.1, 0.15) is 32.8 Å². The first-order chi connectivity index (χ1) is 11.6. The number of pyridine rings is 1. The van der Waals surface area contributed by atoms with E-state index in [0.717, 1.165) is 0 Å². The third kappa shape index (κ3) is 3.10. The highest BCUT2D eigenvalue weighted by Gasteiger charge is 2.28. The maximum absolute atomic E-state index is 12.4. The summed E-state index contributed by atoms with van der Waals surface area (Å²) in [5, 5.41) is 10.7. The fraction of sp³-hybridized carbons (Fsp3) is 0.176. The van der Waals surface area contributed by atoms with Crippen LogP contribution in [0.25, 0.3) is 0 Å². The zero-order valence-corrected chi connectivity index (χ0v) is 12.6. The lowest BCUT2D eigenvalue weighted by Gasteiger charge is -2.15. The van der Waals surface area contributed by atoms with E-state index in [-0.39, 0.29) is 35.9 Å². The van der Waals surface area contributed by atoms with Gasteiger partial charge in [0.1, 0.15) is 0 Å². The summed E-state index contributed by atoms with van der Waals surface area (Å²) in [6, 6.07) is 9.38. The van der Waals surface area contributed by atoms with Gasteiger partial charge >= 0.3 is 0 Å². The molecule has 0 fully saturated rings. The van der Waals surface area contributed by atoms with E-state index in [9.17, 15) is 19.7 Å². The highest BCUT2D eigenvalue weighted by atomic mass is 16.6. The van der Waals surface area contributed by atoms with Crippen molar-refractivity contribution in [3.8, 4) is 0 Å². The summed E-state index contributed by atoms with van der Waals surface area (Å²) in [7, 11) is 0. The van der Waals surface area contributed by atoms with E-state index in [1.807, 2.05) is 0 Å². The number of nitrogens with zero attached hydrogens (tertiary/aromatic N) is 3. The standard InChI is InChI=1S/C17H13N3O4/c21-16-10-15(17(22)14-4-2-1-3-13(14)16)19-7-5-11-9-12(20(23)24)6-8-18-11/h1-4,6,8-9H,5,7,10H2. The van der Waals surface area contributed by atoms with Crippen LogP contribution in [0.15, 0.2) is 47.6 Å². The first-order valence-electron chi connectivity index (χ1n) is 7.36. The number of carbonyl (C=O) groups excluding carboxylic acids is 2. The van der Waals surface area contributed by atoms with Crippen LogP contribution in [-0.4, -0.2) is 33.7 Å². The number of hydrogen-bond donors (Lipinski definition) is 0. The maximum atomic E-state index is 12.4. The molecule has 24 heavy (non-hydrogen) atoms. The molecule has 0 N–H and O–H groups in total. The van der Waals surface area contributed by atoms with Crippen molar-refractivity contribution in [2.75, 3.05) is 6.54 Å². The van der Waals surface area contributed by atoms with Crippen LogP contribution in [0.3, 0.4) is 0 Å². The summed E-state index contributed by atoms with van der Waals surface area (Å²) in [6.45, 7) is 0.241. The minimum Gasteiger partial charge on any atom is -0.294 e. The van der Waals surface area contributed by atoms with Crippen molar-refractivity contribution in [2.24, 2.45) is 4.99 Å². The summed E-state index contributed by atoms with van der Waals surface area (Å²) >= 11 is 0. The molecule has 0 radical (unpaired) electrons. The van der Waals surface area contributed by atoms with Crippen LogP contribution in [0.4, 0.5) is 5.69 Å². The van der Waals surface area contributed by atoms with Crippen molar-refractivity contribution in [3.05, 3.63) is 69.5 Å². The second-order valence-electron chi connectivity index (χ2n) is 5.32. The van der Waals surface area contributed by atoms with Crippen LogP contribution < -0.4 is 0 Å². The zero-order valence-electron chi connectivity index (χ0n) is 12.6. The Labute approximate surface area is 137 Å². The van der Waals surface area contributed by atoms with Crippen molar-refractivity contribution in [1.29, 1.82) is 0 Å². The molecule has 0 amide bonds. The molecule has 0 unspecified atom stereocenters. The highest BCUT2D eigenvalue weighted by molar-refractivity contribution is 6.52. The van der Waals surface area contributed by atoms with E-state index < -0.39 is 4.92 Å². The van der Waals surface area contributed by atoms with E-state index in [0.29, 0.717) is 23.2 Å². The number of ketones is 2. The first-order valence-corrected chi connectivity index (χ1v) is 7.36. The summed E-state index contributed by atoms with van der Waals surface area (Å²) in [5.74, 6) is -0.366. The third-order valence-electron chi connectivity index (χ3n) is 3.74. The van der Waals surface area contributed by atoms with E-state index in [2.05, 4.69) is 9.98 Å². The number of rotatable bonds is 4. The van der Waals surface area contributed by atoms with Crippen molar-refractivity contribution in [2.45, 2.75) is 12.8 Å². The Morgan fingerprint density at radius 3 is 2.67 bits per heavy atom. The molecule has 7 heteroatoms. The summed E-state index contributed by atoms with van der Waals surface area (Å²) in [4.78, 5) is 43.0. The summed E-state index contributed by atoms with van der Waals surface area (Å²) in [6.07, 6.45) is 1.71. The van der Waals surface area contributed by atoms with Crippen molar-refractivity contribution in [1.82, 2.24) is 4.98 Å². The first kappa shape index (κ1) is 15.7. The smallest absolute Gasteiger partial charge is 0.272 e. The molecule has 7 nitrogen and oxygen atoms in total. The maximum Gasteiger partial charge on any atom is 0.272 e. The Hall–Kier alpha value is -3.22. The Bertz CT molecular complexity index is 874. The predicted molar refractivity (Wildman–Crippen MR) is 86.6 cm³/mol. The van der Waals surface area contributed by atoms with Gasteiger partial charge < -0.3 is 0 Å². The highest BCUT2D eigenvalue weighted by Crippen LogP contribution is 2.20. The average molecular weight is 323 g/mol. The van der Waals surface area contributed by atoms with Gasteiger partial charge in [-0.15, -0.1) is 0 Å². The van der Waals surface area contributed by atoms with Gasteiger partial charge in [-0.25, -0.2) is 0 Å². The van der Waals surface area contributed by atoms with Crippen LogP contribution in [0.2, 0.25) is 0 Å². The molecule has 0 aliphatic heterocycles. The molecule has 2 aromatic rings. The number of hydrogen-bond acceptors (Lipinski definition) is 6. The normalized spacial score (nSPS) is 15.4. The molecule has 1 heterocycles. The number of benzene rings is 1. The minimum atomic E-state index is -0.489. The Morgan fingerprint density at radius 1 is 1.17 bits per heavy atom. The van der Waals surface area contributed by atoms with E-state index in [1.54, 1.807) is 24.3 Å². The molecule has 1 aliphatic carbocycles. The lowest BCUT2D eigenvalue weighted by atomic mass is 9.88. The molecular weight excluding hydrogens is 310 g/mol. The molecule has 0 saturated heterocycles. The monoisotopic (exact) mass is 323 g/mol. The number of aromatic nitrogens is 1. The second kappa shape index (κ2) is 6.49. The van der Waals surface area contributed by atoms with Gasteiger partial charge in [-0.1, -0.05) is 24.3 Å². The van der Waals surface area contributed by atoms with Crippen molar-refractivity contribution >= 4 is 23.0 Å². The molecule has 0 spiro atoms. The lowest BCUT2D eigenvalue weighted by molar-refractivity contribution is -0.385. The quantitative estimate of drug-likeness (QED) is 0.635. The van der Waals surface area contributed by atoms with Gasteiger partial charge in [0.2, 0.25) is 5.78 Å². The largest absolute Gasteiger partial charge is 0.294 e. The number of carbonyl (C=O) groups is 2. The van der Waals surface area contributed by atoms with E-state index in [1.165, 1.54) is 18.3 Å². The molecule has 1 aliphatic rings. The Balaban J connectivity index is 1.74. The molecule has 1 aromatic carbocycles. The topological polar surface area (TPSA) is 103 Å². The van der Waals surface area contributed by atoms with Crippen molar-refractivity contribution in [3.63, 3.8) is 0 Å². The van der Waals surface area contributed by atoms with Gasteiger partial charge in [-0.2, -0.15) is 0 Å². The number of fused-ring (bicyclic) bond motifs is 1. The predicted octanol–water partition coefficient (Wildman–Crippen LogP) is 2.44. The lowest BCUT2D eigenvalue weighted by Crippen LogP contribution is -2.27. The molecular formula is C17H13N3O4. The number of aliphatic imine (C=N–C) groups is 1. The molecule has 0 saturated carbocycles. The molecule has 1 aromatic heterocycles. The van der Waals surface area contributed by atoms with Crippen LogP contribution in [-0.2, 0) is 6.42 Å². The SMILES string of the molecule is O=C1CC(=NCCc2cc([N+](=O)[O-])ccn2)C(=O)c2ccccc21. The molecule has 3 rings (SSSR count). The fourth-order valence-corrected chi connectivity index (χ4v) is 2.56.